The summed E-state index contributed by atoms with van der Waals surface area (Å²) in [6, 6.07) is 50.6. The summed E-state index contributed by atoms with van der Waals surface area (Å²) in [5.41, 5.74) is 21.8. The number of hydrogen-bond acceptors (Lipinski definition) is 1. The Hall–Kier alpha value is -4.88. The number of nitrogens with zero attached hydrogens (tertiary/aromatic N) is 1. The molecule has 0 aromatic heterocycles. The minimum atomic E-state index is -0.0740. The highest BCUT2D eigenvalue weighted by molar-refractivity contribution is 5.91. The summed E-state index contributed by atoms with van der Waals surface area (Å²) in [5.74, 6) is 2.24. The van der Waals surface area contributed by atoms with Gasteiger partial charge in [0, 0.05) is 33.3 Å². The van der Waals surface area contributed by atoms with Gasteiger partial charge in [0.2, 0.25) is 0 Å². The molecule has 0 radical (unpaired) electrons. The van der Waals surface area contributed by atoms with E-state index in [1.54, 1.807) is 22.3 Å². The predicted octanol–water partition coefficient (Wildman–Crippen LogP) is 15.2. The molecule has 0 amide bonds. The molecule has 3 fully saturated rings. The van der Waals surface area contributed by atoms with Crippen molar-refractivity contribution in [1.82, 2.24) is 0 Å². The Morgan fingerprint density at radius 1 is 0.491 bits per heavy atom. The Kier molecular flexibility index (Phi) is 7.39. The molecule has 3 saturated carbocycles. The van der Waals surface area contributed by atoms with Gasteiger partial charge in [-0.25, -0.2) is 0 Å². The molecule has 0 heterocycles. The molecular formula is C56H55N. The number of fused-ring (bicyclic) bond motifs is 16. The van der Waals surface area contributed by atoms with E-state index < -0.39 is 0 Å². The normalized spacial score (nSPS) is 25.0. The van der Waals surface area contributed by atoms with Crippen molar-refractivity contribution in [2.24, 2.45) is 17.8 Å². The van der Waals surface area contributed by atoms with Crippen molar-refractivity contribution in [3.05, 3.63) is 161 Å². The van der Waals surface area contributed by atoms with Gasteiger partial charge in [0.1, 0.15) is 0 Å². The van der Waals surface area contributed by atoms with E-state index >= 15 is 0 Å². The number of benzene rings is 6. The Balaban J connectivity index is 1.09. The highest BCUT2D eigenvalue weighted by atomic mass is 15.1. The minimum absolute atomic E-state index is 0.0740. The summed E-state index contributed by atoms with van der Waals surface area (Å²) < 4.78 is 0. The average Bonchev–Trinajstić information content (AvgIpc) is 3.78. The molecule has 1 heteroatoms. The fourth-order valence-electron chi connectivity index (χ4n) is 14.2. The first kappa shape index (κ1) is 34.2. The van der Waals surface area contributed by atoms with Crippen LogP contribution in [-0.2, 0) is 16.2 Å². The Morgan fingerprint density at radius 2 is 1.05 bits per heavy atom. The van der Waals surface area contributed by atoms with Gasteiger partial charge in [-0.3, -0.25) is 0 Å². The van der Waals surface area contributed by atoms with Crippen LogP contribution in [0.1, 0.15) is 125 Å². The van der Waals surface area contributed by atoms with Gasteiger partial charge < -0.3 is 4.90 Å². The minimum Gasteiger partial charge on any atom is -0.310 e. The van der Waals surface area contributed by atoms with Crippen LogP contribution in [0.4, 0.5) is 17.1 Å². The molecule has 6 aliphatic carbocycles. The molecule has 12 rings (SSSR count). The average molecular weight is 742 g/mol. The van der Waals surface area contributed by atoms with E-state index in [1.807, 2.05) is 0 Å². The molecule has 0 saturated heterocycles. The maximum Gasteiger partial charge on any atom is 0.0468 e. The lowest BCUT2D eigenvalue weighted by molar-refractivity contribution is 0.0557. The van der Waals surface area contributed by atoms with Gasteiger partial charge in [0.05, 0.1) is 0 Å². The van der Waals surface area contributed by atoms with Crippen LogP contribution >= 0.6 is 0 Å². The second-order valence-electron chi connectivity index (χ2n) is 19.4. The highest BCUT2D eigenvalue weighted by Gasteiger charge is 2.56. The lowest BCUT2D eigenvalue weighted by Crippen LogP contribution is -2.48. The van der Waals surface area contributed by atoms with E-state index in [-0.39, 0.29) is 16.2 Å². The zero-order chi connectivity index (χ0) is 38.1. The fraction of sp³-hybridized carbons (Fsp3) is 0.357. The molecule has 2 bridgehead atoms. The Morgan fingerprint density at radius 3 is 1.79 bits per heavy atom. The van der Waals surface area contributed by atoms with Crippen LogP contribution in [0.2, 0.25) is 0 Å². The quantitative estimate of drug-likeness (QED) is 0.174. The van der Waals surface area contributed by atoms with Crippen LogP contribution in [0.3, 0.4) is 0 Å². The highest BCUT2D eigenvalue weighted by Crippen LogP contribution is 2.65. The van der Waals surface area contributed by atoms with Crippen molar-refractivity contribution in [3.8, 4) is 33.4 Å². The molecule has 4 unspecified atom stereocenters. The standard InChI is InChI=1S/C56H55N/c1-4-37-31-36-15-14-16-38(32-36)56(37)51-22-11-8-18-43(51)46-27-24-41(35-53(46)56)57(40-23-26-45-42-17-6-9-20-48(42)54(2,3)52(45)34-40)39-25-28-50-47(33-39)44-19-7-10-21-49(44)55(50)29-12-5-13-30-55/h6-11,17-28,33-38H,4-5,12-16,29-32H2,1-3H3. The van der Waals surface area contributed by atoms with Crippen LogP contribution in [0.5, 0.6) is 0 Å². The van der Waals surface area contributed by atoms with E-state index in [1.165, 1.54) is 132 Å². The maximum atomic E-state index is 2.68. The lowest BCUT2D eigenvalue weighted by Gasteiger charge is -2.54. The molecule has 284 valence electrons. The van der Waals surface area contributed by atoms with Crippen LogP contribution in [0, 0.1) is 17.8 Å². The molecule has 57 heavy (non-hydrogen) atoms. The lowest BCUT2D eigenvalue weighted by atomic mass is 9.50. The van der Waals surface area contributed by atoms with Crippen molar-refractivity contribution in [2.75, 3.05) is 4.90 Å². The number of rotatable bonds is 4. The zero-order valence-corrected chi connectivity index (χ0v) is 34.1. The van der Waals surface area contributed by atoms with Gasteiger partial charge >= 0.3 is 0 Å². The van der Waals surface area contributed by atoms with Gasteiger partial charge in [-0.2, -0.15) is 0 Å². The summed E-state index contributed by atoms with van der Waals surface area (Å²) in [7, 11) is 0. The second-order valence-corrected chi connectivity index (χ2v) is 19.4. The van der Waals surface area contributed by atoms with Crippen molar-refractivity contribution in [3.63, 3.8) is 0 Å². The molecule has 1 nitrogen and oxygen atoms in total. The van der Waals surface area contributed by atoms with Crippen LogP contribution in [0.15, 0.2) is 127 Å². The number of anilines is 3. The third-order valence-electron chi connectivity index (χ3n) is 16.6. The van der Waals surface area contributed by atoms with Gasteiger partial charge in [0.25, 0.3) is 0 Å². The van der Waals surface area contributed by atoms with Gasteiger partial charge in [-0.1, -0.05) is 150 Å². The fourth-order valence-corrected chi connectivity index (χ4v) is 14.2. The van der Waals surface area contributed by atoms with E-state index in [2.05, 4.69) is 153 Å². The first-order chi connectivity index (χ1) is 27.9. The van der Waals surface area contributed by atoms with E-state index in [9.17, 15) is 0 Å². The van der Waals surface area contributed by atoms with Crippen molar-refractivity contribution < 1.29 is 0 Å². The summed E-state index contributed by atoms with van der Waals surface area (Å²) in [4.78, 5) is 2.64. The van der Waals surface area contributed by atoms with Crippen LogP contribution in [0.25, 0.3) is 33.4 Å². The maximum absolute atomic E-state index is 2.68. The summed E-state index contributed by atoms with van der Waals surface area (Å²) >= 11 is 0. The monoisotopic (exact) mass is 741 g/mol. The van der Waals surface area contributed by atoms with Crippen LogP contribution in [-0.4, -0.2) is 0 Å². The third kappa shape index (κ3) is 4.52. The summed E-state index contributed by atoms with van der Waals surface area (Å²) in [5, 5.41) is 0. The topological polar surface area (TPSA) is 3.24 Å². The molecule has 2 spiro atoms. The largest absolute Gasteiger partial charge is 0.310 e. The van der Waals surface area contributed by atoms with Crippen molar-refractivity contribution in [1.29, 1.82) is 0 Å². The molecule has 6 aromatic carbocycles. The molecular weight excluding hydrogens is 687 g/mol. The Labute approximate surface area is 340 Å². The Bertz CT molecular complexity index is 2600. The molecule has 4 atom stereocenters. The van der Waals surface area contributed by atoms with Crippen LogP contribution < -0.4 is 4.90 Å². The van der Waals surface area contributed by atoms with Gasteiger partial charge in [-0.05, 0) is 153 Å². The molecule has 0 aliphatic heterocycles. The van der Waals surface area contributed by atoms with E-state index in [4.69, 9.17) is 0 Å². The SMILES string of the molecule is CCC1CC2CCCC(C2)C12c1ccccc1-c1ccc(N(c3ccc4c(c3)-c3ccccc3C43CCCCC3)c3ccc4c(c3)C(C)(C)c3ccccc3-4)cc12. The number of hydrogen-bond donors (Lipinski definition) is 0. The van der Waals surface area contributed by atoms with Crippen molar-refractivity contribution in [2.45, 2.75) is 108 Å². The second kappa shape index (κ2) is 12.3. The molecule has 6 aromatic rings. The smallest absolute Gasteiger partial charge is 0.0468 e. The van der Waals surface area contributed by atoms with E-state index in [0.29, 0.717) is 11.8 Å². The third-order valence-corrected chi connectivity index (χ3v) is 16.6. The predicted molar refractivity (Wildman–Crippen MR) is 238 cm³/mol. The first-order valence-electron chi connectivity index (χ1n) is 22.5. The summed E-state index contributed by atoms with van der Waals surface area (Å²) in [6.07, 6.45) is 14.6. The zero-order valence-electron chi connectivity index (χ0n) is 34.1. The van der Waals surface area contributed by atoms with Crippen molar-refractivity contribution >= 4 is 17.1 Å². The van der Waals surface area contributed by atoms with Gasteiger partial charge in [-0.15, -0.1) is 0 Å². The summed E-state index contributed by atoms with van der Waals surface area (Å²) in [6.45, 7) is 7.32. The molecule has 0 N–H and O–H groups in total. The molecule has 6 aliphatic rings. The first-order valence-corrected chi connectivity index (χ1v) is 22.5. The van der Waals surface area contributed by atoms with E-state index in [0.717, 1.165) is 5.92 Å². The van der Waals surface area contributed by atoms with Gasteiger partial charge in [0.15, 0.2) is 0 Å².